The Bertz CT molecular complexity index is 3760. The fourth-order valence-corrected chi connectivity index (χ4v) is 11.5. The lowest BCUT2D eigenvalue weighted by Gasteiger charge is -2.23. The highest BCUT2D eigenvalue weighted by Gasteiger charge is 2.37. The van der Waals surface area contributed by atoms with Gasteiger partial charge in [-0.3, -0.25) is 0 Å². The summed E-state index contributed by atoms with van der Waals surface area (Å²) in [5.41, 5.74) is 24.7. The topological polar surface area (TPSA) is 25.8 Å². The van der Waals surface area contributed by atoms with Crippen molar-refractivity contribution >= 4 is 21.7 Å². The Balaban J connectivity index is 0.995. The van der Waals surface area contributed by atoms with Crippen LogP contribution in [-0.4, -0.2) is 9.97 Å². The van der Waals surface area contributed by atoms with Gasteiger partial charge in [0.25, 0.3) is 0 Å². The van der Waals surface area contributed by atoms with E-state index in [0.717, 1.165) is 66.8 Å². The Morgan fingerprint density at radius 2 is 0.691 bits per heavy atom. The lowest BCUT2D eigenvalue weighted by molar-refractivity contribution is 0.660. The van der Waals surface area contributed by atoms with Crippen LogP contribution < -0.4 is 0 Å². The monoisotopic (exact) mass is 868 g/mol. The summed E-state index contributed by atoms with van der Waals surface area (Å²) in [6.07, 6.45) is 0. The molecule has 0 saturated heterocycles. The molecule has 13 rings (SSSR count). The highest BCUT2D eigenvalue weighted by molar-refractivity contribution is 6.16. The molecule has 2 aromatic heterocycles. The molecule has 0 amide bonds. The zero-order chi connectivity index (χ0) is 45.7. The van der Waals surface area contributed by atoms with E-state index >= 15 is 0 Å². The Kier molecular flexibility index (Phi) is 8.95. The first kappa shape index (κ1) is 40.1. The molecule has 0 unspecified atom stereocenters. The van der Waals surface area contributed by atoms with Crippen molar-refractivity contribution < 1.29 is 0 Å². The molecule has 0 fully saturated rings. The molecule has 0 radical (unpaired) electrons. The number of hydrogen-bond donors (Lipinski definition) is 0. The predicted molar refractivity (Wildman–Crippen MR) is 285 cm³/mol. The van der Waals surface area contributed by atoms with Crippen molar-refractivity contribution in [2.75, 3.05) is 0 Å². The third kappa shape index (κ3) is 6.25. The van der Waals surface area contributed by atoms with E-state index in [0.29, 0.717) is 0 Å². The maximum atomic E-state index is 5.66. The average Bonchev–Trinajstić information content (AvgIpc) is 3.77. The quantitative estimate of drug-likeness (QED) is 0.156. The van der Waals surface area contributed by atoms with Crippen LogP contribution in [-0.2, 0) is 10.8 Å². The molecule has 0 saturated carbocycles. The molecular weight excluding hydrogens is 821 g/mol. The minimum Gasteiger partial charge on any atom is -0.248 e. The van der Waals surface area contributed by atoms with Gasteiger partial charge in [-0.05, 0) is 120 Å². The van der Waals surface area contributed by atoms with E-state index in [1.165, 1.54) is 66.6 Å². The first-order chi connectivity index (χ1) is 33.2. The van der Waals surface area contributed by atoms with Gasteiger partial charge >= 0.3 is 0 Å². The largest absolute Gasteiger partial charge is 0.248 e. The summed E-state index contributed by atoms with van der Waals surface area (Å²) < 4.78 is 0. The van der Waals surface area contributed by atoms with E-state index in [9.17, 15) is 0 Å². The van der Waals surface area contributed by atoms with Gasteiger partial charge in [-0.15, -0.1) is 0 Å². The van der Waals surface area contributed by atoms with Gasteiger partial charge in [0, 0.05) is 38.3 Å². The van der Waals surface area contributed by atoms with E-state index in [1.807, 2.05) is 0 Å². The van der Waals surface area contributed by atoms with E-state index < -0.39 is 0 Å². The minimum atomic E-state index is -0.133. The smallest absolute Gasteiger partial charge is 0.0794 e. The van der Waals surface area contributed by atoms with Crippen molar-refractivity contribution in [3.63, 3.8) is 0 Å². The summed E-state index contributed by atoms with van der Waals surface area (Å²) in [5.74, 6) is 0. The van der Waals surface area contributed by atoms with Crippen LogP contribution in [0.2, 0.25) is 0 Å². The summed E-state index contributed by atoms with van der Waals surface area (Å²) in [4.78, 5) is 10.8. The molecule has 0 atom stereocenters. The molecular formula is C66H48N2. The maximum Gasteiger partial charge on any atom is 0.0794 e. The lowest BCUT2D eigenvalue weighted by Crippen LogP contribution is -2.15. The molecule has 2 nitrogen and oxygen atoms in total. The summed E-state index contributed by atoms with van der Waals surface area (Å²) in [6.45, 7) is 9.45. The average molecular weight is 869 g/mol. The Morgan fingerprint density at radius 1 is 0.250 bits per heavy atom. The van der Waals surface area contributed by atoms with Crippen molar-refractivity contribution in [1.82, 2.24) is 9.97 Å². The number of fused-ring (bicyclic) bond motifs is 9. The SMILES string of the molecule is CC1(C)c2ccccc2-c2ccc(-c3cc(-c4ccc5c(c4)C(C)(C)c4ccccc4-5)c4cc(-c5ccc(-c6cc(-c7ccccc7)nc(-c7ccccc7)c6)cc5)c5ccccc5c4n3)cc21. The van der Waals surface area contributed by atoms with Crippen molar-refractivity contribution in [2.24, 2.45) is 0 Å². The number of benzene rings is 9. The summed E-state index contributed by atoms with van der Waals surface area (Å²) in [5, 5.41) is 3.47. The van der Waals surface area contributed by atoms with Gasteiger partial charge in [0.05, 0.1) is 22.6 Å². The van der Waals surface area contributed by atoms with E-state index in [1.54, 1.807) is 0 Å². The molecule has 0 spiro atoms. The van der Waals surface area contributed by atoms with E-state index in [4.69, 9.17) is 9.97 Å². The Hall–Kier alpha value is -8.20. The van der Waals surface area contributed by atoms with Gasteiger partial charge in [0.15, 0.2) is 0 Å². The number of aromatic nitrogens is 2. The number of hydrogen-bond acceptors (Lipinski definition) is 2. The zero-order valence-corrected chi connectivity index (χ0v) is 38.7. The van der Waals surface area contributed by atoms with Crippen molar-refractivity contribution in [2.45, 2.75) is 38.5 Å². The first-order valence-electron chi connectivity index (χ1n) is 23.8. The van der Waals surface area contributed by atoms with Crippen LogP contribution in [0.1, 0.15) is 49.9 Å². The molecule has 2 heteroatoms. The fraction of sp³-hybridized carbons (Fsp3) is 0.0909. The molecule has 9 aromatic carbocycles. The van der Waals surface area contributed by atoms with Crippen molar-refractivity contribution in [3.8, 4) is 89.4 Å². The zero-order valence-electron chi connectivity index (χ0n) is 38.7. The maximum absolute atomic E-state index is 5.66. The summed E-state index contributed by atoms with van der Waals surface area (Å²) in [6, 6.07) is 80.0. The molecule has 0 bridgehead atoms. The second-order valence-corrected chi connectivity index (χ2v) is 19.7. The highest BCUT2D eigenvalue weighted by Crippen LogP contribution is 2.52. The molecule has 322 valence electrons. The van der Waals surface area contributed by atoms with Gasteiger partial charge in [-0.2, -0.15) is 0 Å². The van der Waals surface area contributed by atoms with Gasteiger partial charge in [0.2, 0.25) is 0 Å². The third-order valence-electron chi connectivity index (χ3n) is 15.1. The van der Waals surface area contributed by atoms with Crippen LogP contribution in [0.3, 0.4) is 0 Å². The number of rotatable bonds is 6. The normalized spacial score (nSPS) is 13.8. The molecule has 68 heavy (non-hydrogen) atoms. The van der Waals surface area contributed by atoms with Crippen LogP contribution in [0.25, 0.3) is 111 Å². The van der Waals surface area contributed by atoms with Crippen LogP contribution in [0.5, 0.6) is 0 Å². The van der Waals surface area contributed by atoms with Gasteiger partial charge in [-0.25, -0.2) is 9.97 Å². The van der Waals surface area contributed by atoms with Crippen LogP contribution in [0.15, 0.2) is 218 Å². The van der Waals surface area contributed by atoms with E-state index in [2.05, 4.69) is 246 Å². The fourth-order valence-electron chi connectivity index (χ4n) is 11.5. The molecule has 2 heterocycles. The first-order valence-corrected chi connectivity index (χ1v) is 23.8. The lowest BCUT2D eigenvalue weighted by atomic mass is 9.81. The second kappa shape index (κ2) is 15.2. The van der Waals surface area contributed by atoms with Crippen molar-refractivity contribution in [3.05, 3.63) is 241 Å². The Morgan fingerprint density at radius 3 is 1.29 bits per heavy atom. The van der Waals surface area contributed by atoms with Gasteiger partial charge < -0.3 is 0 Å². The van der Waals surface area contributed by atoms with Gasteiger partial charge in [-0.1, -0.05) is 210 Å². The summed E-state index contributed by atoms with van der Waals surface area (Å²) >= 11 is 0. The van der Waals surface area contributed by atoms with Gasteiger partial charge in [0.1, 0.15) is 0 Å². The molecule has 0 N–H and O–H groups in total. The molecule has 2 aliphatic rings. The molecule has 0 aliphatic heterocycles. The Labute approximate surface area is 398 Å². The molecule has 11 aromatic rings. The van der Waals surface area contributed by atoms with Crippen LogP contribution in [0.4, 0.5) is 0 Å². The number of pyridine rings is 2. The van der Waals surface area contributed by atoms with Crippen LogP contribution in [0, 0.1) is 0 Å². The highest BCUT2D eigenvalue weighted by atomic mass is 14.7. The predicted octanol–water partition coefficient (Wildman–Crippen LogP) is 17.4. The van der Waals surface area contributed by atoms with Crippen molar-refractivity contribution in [1.29, 1.82) is 0 Å². The third-order valence-corrected chi connectivity index (χ3v) is 15.1. The van der Waals surface area contributed by atoms with Crippen LogP contribution >= 0.6 is 0 Å². The standard InChI is InChI=1S/C66H48N2/c1-65(2)57-25-15-13-22-49(57)51-33-31-45(35-59(51)65)55-40-63(46-32-34-52-50-23-14-16-26-58(50)66(3,4)60(52)36-46)68-64-53-24-12-11-21-48(53)54(39-56(55)64)42-29-27-41(28-30-42)47-37-61(43-17-7-5-8-18-43)67-62(38-47)44-19-9-6-10-20-44/h5-40H,1-4H3. The number of nitrogens with zero attached hydrogens (tertiary/aromatic N) is 2. The second-order valence-electron chi connectivity index (χ2n) is 19.7. The van der Waals surface area contributed by atoms with E-state index in [-0.39, 0.29) is 10.8 Å². The summed E-state index contributed by atoms with van der Waals surface area (Å²) in [7, 11) is 0. The molecule has 2 aliphatic carbocycles. The minimum absolute atomic E-state index is 0.120.